The predicted octanol–water partition coefficient (Wildman–Crippen LogP) is 0.455. The van der Waals surface area contributed by atoms with E-state index in [9.17, 15) is 4.79 Å². The highest BCUT2D eigenvalue weighted by Crippen LogP contribution is 2.00. The van der Waals surface area contributed by atoms with Crippen LogP contribution in [0.2, 0.25) is 0 Å². The molecular weight excluding hydrogens is 198 g/mol. The maximum absolute atomic E-state index is 11.1. The average Bonchev–Trinajstić information content (AvgIpc) is 2.70. The lowest BCUT2D eigenvalue weighted by Gasteiger charge is -2.17. The molecule has 1 aromatic rings. The van der Waals surface area contributed by atoms with E-state index in [0.717, 1.165) is 13.0 Å². The van der Waals surface area contributed by atoms with Crippen LogP contribution in [0.25, 0.3) is 0 Å². The van der Waals surface area contributed by atoms with Crippen molar-refractivity contribution in [2.75, 3.05) is 20.2 Å². The largest absolute Gasteiger partial charge is 0.468 e. The number of hydrogen-bond donors (Lipinski definition) is 0. The van der Waals surface area contributed by atoms with Crippen LogP contribution in [0.1, 0.15) is 19.2 Å². The SMILES string of the molecule is CCCN(CC(=O)OC)Cc1ncon1. The van der Waals surface area contributed by atoms with Gasteiger partial charge in [0.1, 0.15) is 0 Å². The Kier molecular flexibility index (Phi) is 4.76. The summed E-state index contributed by atoms with van der Waals surface area (Å²) >= 11 is 0. The first-order valence-electron chi connectivity index (χ1n) is 4.80. The molecule has 0 fully saturated rings. The molecule has 6 nitrogen and oxygen atoms in total. The summed E-state index contributed by atoms with van der Waals surface area (Å²) in [6, 6.07) is 0. The highest BCUT2D eigenvalue weighted by molar-refractivity contribution is 5.71. The summed E-state index contributed by atoms with van der Waals surface area (Å²) in [5.41, 5.74) is 0. The van der Waals surface area contributed by atoms with Crippen molar-refractivity contribution < 1.29 is 14.1 Å². The molecule has 0 saturated heterocycles. The van der Waals surface area contributed by atoms with E-state index in [-0.39, 0.29) is 12.5 Å². The number of hydrogen-bond acceptors (Lipinski definition) is 6. The second kappa shape index (κ2) is 6.13. The van der Waals surface area contributed by atoms with E-state index in [1.165, 1.54) is 13.5 Å². The first-order valence-corrected chi connectivity index (χ1v) is 4.80. The van der Waals surface area contributed by atoms with Gasteiger partial charge in [0.15, 0.2) is 5.82 Å². The number of carbonyl (C=O) groups excluding carboxylic acids is 1. The molecule has 0 atom stereocenters. The van der Waals surface area contributed by atoms with Gasteiger partial charge in [0.25, 0.3) is 0 Å². The lowest BCUT2D eigenvalue weighted by atomic mass is 10.4. The number of rotatable bonds is 6. The van der Waals surface area contributed by atoms with E-state index in [1.807, 2.05) is 11.8 Å². The summed E-state index contributed by atoms with van der Waals surface area (Å²) in [6.07, 6.45) is 2.23. The molecule has 0 unspecified atom stereocenters. The molecule has 1 aromatic heterocycles. The molecule has 1 rings (SSSR count). The summed E-state index contributed by atoms with van der Waals surface area (Å²) < 4.78 is 9.22. The van der Waals surface area contributed by atoms with Crippen molar-refractivity contribution in [2.45, 2.75) is 19.9 Å². The Morgan fingerprint density at radius 1 is 1.67 bits per heavy atom. The number of ether oxygens (including phenoxy) is 1. The third-order valence-corrected chi connectivity index (χ3v) is 1.89. The van der Waals surface area contributed by atoms with E-state index < -0.39 is 0 Å². The molecule has 0 saturated carbocycles. The molecule has 0 aromatic carbocycles. The zero-order valence-electron chi connectivity index (χ0n) is 8.97. The van der Waals surface area contributed by atoms with E-state index in [0.29, 0.717) is 12.4 Å². The van der Waals surface area contributed by atoms with Gasteiger partial charge in [-0.15, -0.1) is 0 Å². The zero-order valence-corrected chi connectivity index (χ0v) is 8.97. The number of methoxy groups -OCH3 is 1. The van der Waals surface area contributed by atoms with Crippen LogP contribution < -0.4 is 0 Å². The third kappa shape index (κ3) is 4.07. The van der Waals surface area contributed by atoms with Crippen LogP contribution in [0.4, 0.5) is 0 Å². The minimum atomic E-state index is -0.257. The quantitative estimate of drug-likeness (QED) is 0.639. The summed E-state index contributed by atoms with van der Waals surface area (Å²) in [5.74, 6) is 0.319. The van der Waals surface area contributed by atoms with Gasteiger partial charge in [-0.1, -0.05) is 12.1 Å². The maximum Gasteiger partial charge on any atom is 0.319 e. The van der Waals surface area contributed by atoms with E-state index >= 15 is 0 Å². The fourth-order valence-corrected chi connectivity index (χ4v) is 1.24. The number of aromatic nitrogens is 2. The van der Waals surface area contributed by atoms with Crippen molar-refractivity contribution in [1.29, 1.82) is 0 Å². The summed E-state index contributed by atoms with van der Waals surface area (Å²) in [6.45, 7) is 3.59. The van der Waals surface area contributed by atoms with Gasteiger partial charge in [-0.25, -0.2) is 0 Å². The van der Waals surface area contributed by atoms with Gasteiger partial charge in [-0.2, -0.15) is 4.98 Å². The van der Waals surface area contributed by atoms with Gasteiger partial charge < -0.3 is 9.26 Å². The Morgan fingerprint density at radius 2 is 2.47 bits per heavy atom. The van der Waals surface area contributed by atoms with Crippen LogP contribution in [-0.4, -0.2) is 41.2 Å². The van der Waals surface area contributed by atoms with Crippen LogP contribution in [0.3, 0.4) is 0 Å². The Hall–Kier alpha value is -1.43. The molecule has 0 aliphatic rings. The zero-order chi connectivity index (χ0) is 11.1. The van der Waals surface area contributed by atoms with Gasteiger partial charge in [-0.3, -0.25) is 9.69 Å². The van der Waals surface area contributed by atoms with Gasteiger partial charge in [0.05, 0.1) is 20.2 Å². The molecule has 0 bridgehead atoms. The maximum atomic E-state index is 11.1. The van der Waals surface area contributed by atoms with Gasteiger partial charge in [0, 0.05) is 0 Å². The molecule has 6 heteroatoms. The molecule has 15 heavy (non-hydrogen) atoms. The highest BCUT2D eigenvalue weighted by atomic mass is 16.5. The summed E-state index contributed by atoms with van der Waals surface area (Å²) in [7, 11) is 1.38. The van der Waals surface area contributed by atoms with Crippen molar-refractivity contribution in [3.05, 3.63) is 12.2 Å². The lowest BCUT2D eigenvalue weighted by molar-refractivity contribution is -0.142. The summed E-state index contributed by atoms with van der Waals surface area (Å²) in [4.78, 5) is 16.9. The van der Waals surface area contributed by atoms with Crippen LogP contribution in [0.15, 0.2) is 10.9 Å². The molecule has 0 amide bonds. The fourth-order valence-electron chi connectivity index (χ4n) is 1.24. The fraction of sp³-hybridized carbons (Fsp3) is 0.667. The molecule has 0 spiro atoms. The normalized spacial score (nSPS) is 10.6. The molecule has 0 aliphatic carbocycles. The second-order valence-corrected chi connectivity index (χ2v) is 3.13. The van der Waals surface area contributed by atoms with E-state index in [1.54, 1.807) is 0 Å². The minimum absolute atomic E-state index is 0.249. The highest BCUT2D eigenvalue weighted by Gasteiger charge is 2.12. The van der Waals surface area contributed by atoms with Gasteiger partial charge in [-0.05, 0) is 13.0 Å². The monoisotopic (exact) mass is 213 g/mol. The summed E-state index contributed by atoms with van der Waals surface area (Å²) in [5, 5.41) is 3.69. The molecular formula is C9H15N3O3. The topological polar surface area (TPSA) is 68.5 Å². The van der Waals surface area contributed by atoms with Crippen LogP contribution in [0.5, 0.6) is 0 Å². The molecule has 1 heterocycles. The molecule has 0 radical (unpaired) electrons. The van der Waals surface area contributed by atoms with Crippen LogP contribution in [-0.2, 0) is 16.1 Å². The first-order chi connectivity index (χ1) is 7.26. The Balaban J connectivity index is 2.46. The second-order valence-electron chi connectivity index (χ2n) is 3.13. The van der Waals surface area contributed by atoms with E-state index in [4.69, 9.17) is 0 Å². The van der Waals surface area contributed by atoms with Crippen molar-refractivity contribution >= 4 is 5.97 Å². The molecule has 0 aliphatic heterocycles. The van der Waals surface area contributed by atoms with Crippen LogP contribution >= 0.6 is 0 Å². The standard InChI is InChI=1S/C9H15N3O3/c1-3-4-12(6-9(13)14-2)5-8-10-7-15-11-8/h7H,3-6H2,1-2H3. The first kappa shape index (κ1) is 11.6. The predicted molar refractivity (Wildman–Crippen MR) is 51.9 cm³/mol. The Morgan fingerprint density at radius 3 is 3.00 bits per heavy atom. The lowest BCUT2D eigenvalue weighted by Crippen LogP contribution is -2.31. The minimum Gasteiger partial charge on any atom is -0.468 e. The van der Waals surface area contributed by atoms with Crippen molar-refractivity contribution in [3.8, 4) is 0 Å². The Bertz CT molecular complexity index is 287. The number of nitrogens with zero attached hydrogens (tertiary/aromatic N) is 3. The van der Waals surface area contributed by atoms with Crippen LogP contribution in [0, 0.1) is 0 Å². The van der Waals surface area contributed by atoms with Gasteiger partial charge >= 0.3 is 5.97 Å². The third-order valence-electron chi connectivity index (χ3n) is 1.89. The smallest absolute Gasteiger partial charge is 0.319 e. The van der Waals surface area contributed by atoms with Crippen molar-refractivity contribution in [3.63, 3.8) is 0 Å². The van der Waals surface area contributed by atoms with E-state index in [2.05, 4.69) is 19.4 Å². The van der Waals surface area contributed by atoms with Crippen molar-refractivity contribution in [2.24, 2.45) is 0 Å². The van der Waals surface area contributed by atoms with Gasteiger partial charge in [0.2, 0.25) is 6.39 Å². The van der Waals surface area contributed by atoms with Crippen molar-refractivity contribution in [1.82, 2.24) is 15.0 Å². The molecule has 84 valence electrons. The molecule has 0 N–H and O–H groups in total. The average molecular weight is 213 g/mol. The Labute approximate surface area is 88.2 Å². The number of esters is 1. The number of carbonyl (C=O) groups is 1.